The molecule has 0 aliphatic rings. The van der Waals surface area contributed by atoms with Crippen molar-refractivity contribution in [2.24, 2.45) is 0 Å². The Labute approximate surface area is 98.6 Å². The summed E-state index contributed by atoms with van der Waals surface area (Å²) in [4.78, 5) is 43.1. The number of carboxylic acid groups (broad SMARTS) is 1. The standard InChI is InChI=1S/C10H16N2O5/c1-2-8(14)12-7(3-4-9(15)16)10(17)11-5-6-13/h6-7H,2-5H2,1H3,(H,11,17)(H,12,14)(H,15,16). The summed E-state index contributed by atoms with van der Waals surface area (Å²) >= 11 is 0. The summed E-state index contributed by atoms with van der Waals surface area (Å²) < 4.78 is 0. The monoisotopic (exact) mass is 244 g/mol. The predicted octanol–water partition coefficient (Wildman–Crippen LogP) is -0.939. The molecule has 0 aromatic heterocycles. The van der Waals surface area contributed by atoms with E-state index in [0.717, 1.165) is 0 Å². The van der Waals surface area contributed by atoms with Crippen molar-refractivity contribution in [2.45, 2.75) is 32.2 Å². The number of hydrogen-bond acceptors (Lipinski definition) is 4. The fraction of sp³-hybridized carbons (Fsp3) is 0.600. The highest BCUT2D eigenvalue weighted by Gasteiger charge is 2.20. The van der Waals surface area contributed by atoms with Gasteiger partial charge in [0, 0.05) is 12.8 Å². The second-order valence-electron chi connectivity index (χ2n) is 3.32. The van der Waals surface area contributed by atoms with Crippen LogP contribution >= 0.6 is 0 Å². The number of amides is 2. The largest absolute Gasteiger partial charge is 0.481 e. The third-order valence-electron chi connectivity index (χ3n) is 1.98. The third-order valence-corrected chi connectivity index (χ3v) is 1.98. The van der Waals surface area contributed by atoms with Gasteiger partial charge >= 0.3 is 5.97 Å². The van der Waals surface area contributed by atoms with Crippen LogP contribution < -0.4 is 10.6 Å². The lowest BCUT2D eigenvalue weighted by Crippen LogP contribution is -2.47. The quantitative estimate of drug-likeness (QED) is 0.477. The van der Waals surface area contributed by atoms with E-state index < -0.39 is 17.9 Å². The molecule has 0 saturated carbocycles. The molecule has 0 bridgehead atoms. The van der Waals surface area contributed by atoms with E-state index in [1.165, 1.54) is 0 Å². The average molecular weight is 244 g/mol. The maximum absolute atomic E-state index is 11.5. The van der Waals surface area contributed by atoms with Gasteiger partial charge in [-0.2, -0.15) is 0 Å². The Balaban J connectivity index is 4.36. The molecule has 7 nitrogen and oxygen atoms in total. The molecule has 0 aliphatic carbocycles. The molecule has 0 aliphatic heterocycles. The first-order valence-corrected chi connectivity index (χ1v) is 5.23. The molecule has 0 heterocycles. The molecule has 0 aromatic carbocycles. The van der Waals surface area contributed by atoms with Gasteiger partial charge in [0.05, 0.1) is 6.54 Å². The van der Waals surface area contributed by atoms with Crippen LogP contribution in [0.3, 0.4) is 0 Å². The van der Waals surface area contributed by atoms with E-state index in [9.17, 15) is 19.2 Å². The second kappa shape index (κ2) is 8.26. The highest BCUT2D eigenvalue weighted by molar-refractivity contribution is 5.88. The first-order chi connectivity index (χ1) is 8.01. The summed E-state index contributed by atoms with van der Waals surface area (Å²) in [5.41, 5.74) is 0. The first kappa shape index (κ1) is 15.1. The lowest BCUT2D eigenvalue weighted by atomic mass is 10.1. The highest BCUT2D eigenvalue weighted by atomic mass is 16.4. The van der Waals surface area contributed by atoms with Crippen LogP contribution in [0.1, 0.15) is 26.2 Å². The smallest absolute Gasteiger partial charge is 0.303 e. The van der Waals surface area contributed by atoms with Gasteiger partial charge in [-0.05, 0) is 6.42 Å². The topological polar surface area (TPSA) is 113 Å². The molecular formula is C10H16N2O5. The van der Waals surface area contributed by atoms with Crippen LogP contribution in [0.15, 0.2) is 0 Å². The van der Waals surface area contributed by atoms with Gasteiger partial charge in [0.25, 0.3) is 0 Å². The number of nitrogens with one attached hydrogen (secondary N) is 2. The van der Waals surface area contributed by atoms with Gasteiger partial charge < -0.3 is 20.5 Å². The van der Waals surface area contributed by atoms with Crippen LogP contribution in [-0.4, -0.2) is 41.8 Å². The summed E-state index contributed by atoms with van der Waals surface area (Å²) in [5.74, 6) is -1.95. The Morgan fingerprint density at radius 2 is 2.00 bits per heavy atom. The van der Waals surface area contributed by atoms with E-state index in [4.69, 9.17) is 5.11 Å². The summed E-state index contributed by atoms with van der Waals surface area (Å²) in [5, 5.41) is 13.2. The fourth-order valence-electron chi connectivity index (χ4n) is 1.10. The SMILES string of the molecule is CCC(=O)NC(CCC(=O)O)C(=O)NCC=O. The first-order valence-electron chi connectivity index (χ1n) is 5.23. The molecule has 0 rings (SSSR count). The van der Waals surface area contributed by atoms with Gasteiger partial charge in [-0.15, -0.1) is 0 Å². The molecule has 1 atom stereocenters. The molecule has 0 saturated heterocycles. The molecule has 2 amide bonds. The zero-order valence-electron chi connectivity index (χ0n) is 9.56. The number of hydrogen-bond donors (Lipinski definition) is 3. The van der Waals surface area contributed by atoms with Crippen LogP contribution in [0.25, 0.3) is 0 Å². The van der Waals surface area contributed by atoms with Gasteiger partial charge in [0.15, 0.2) is 0 Å². The van der Waals surface area contributed by atoms with Crippen molar-refractivity contribution in [1.82, 2.24) is 10.6 Å². The molecule has 7 heteroatoms. The van der Waals surface area contributed by atoms with Crippen molar-refractivity contribution in [3.8, 4) is 0 Å². The highest BCUT2D eigenvalue weighted by Crippen LogP contribution is 1.98. The lowest BCUT2D eigenvalue weighted by molar-refractivity contribution is -0.138. The fourth-order valence-corrected chi connectivity index (χ4v) is 1.10. The van der Waals surface area contributed by atoms with Crippen LogP contribution in [0.2, 0.25) is 0 Å². The number of carboxylic acids is 1. The van der Waals surface area contributed by atoms with E-state index in [0.29, 0.717) is 6.29 Å². The molecule has 0 spiro atoms. The predicted molar refractivity (Wildman–Crippen MR) is 58.2 cm³/mol. The number of aliphatic carboxylic acids is 1. The van der Waals surface area contributed by atoms with Crippen molar-refractivity contribution in [3.05, 3.63) is 0 Å². The van der Waals surface area contributed by atoms with E-state index in [1.807, 2.05) is 0 Å². The van der Waals surface area contributed by atoms with E-state index in [2.05, 4.69) is 10.6 Å². The van der Waals surface area contributed by atoms with Crippen LogP contribution in [-0.2, 0) is 19.2 Å². The minimum Gasteiger partial charge on any atom is -0.481 e. The van der Waals surface area contributed by atoms with Crippen LogP contribution in [0, 0.1) is 0 Å². The van der Waals surface area contributed by atoms with Crippen molar-refractivity contribution >= 4 is 24.1 Å². The van der Waals surface area contributed by atoms with Crippen molar-refractivity contribution in [1.29, 1.82) is 0 Å². The molecule has 0 aromatic rings. The van der Waals surface area contributed by atoms with Gasteiger partial charge in [-0.25, -0.2) is 0 Å². The Bertz CT molecular complexity index is 303. The summed E-state index contributed by atoms with van der Waals surface area (Å²) in [7, 11) is 0. The molecule has 0 fully saturated rings. The normalized spacial score (nSPS) is 11.4. The molecule has 96 valence electrons. The Morgan fingerprint density at radius 1 is 1.35 bits per heavy atom. The molecule has 0 radical (unpaired) electrons. The Morgan fingerprint density at radius 3 is 2.47 bits per heavy atom. The number of aldehydes is 1. The third kappa shape index (κ3) is 7.04. The van der Waals surface area contributed by atoms with E-state index >= 15 is 0 Å². The van der Waals surface area contributed by atoms with Gasteiger partial charge in [0.2, 0.25) is 11.8 Å². The minimum atomic E-state index is -1.05. The Hall–Kier alpha value is -1.92. The summed E-state index contributed by atoms with van der Waals surface area (Å²) in [6.45, 7) is 1.46. The molecule has 17 heavy (non-hydrogen) atoms. The van der Waals surface area contributed by atoms with Crippen molar-refractivity contribution < 1.29 is 24.3 Å². The number of carbonyl (C=O) groups excluding carboxylic acids is 3. The zero-order valence-corrected chi connectivity index (χ0v) is 9.56. The maximum Gasteiger partial charge on any atom is 0.303 e. The van der Waals surface area contributed by atoms with Gasteiger partial charge in [-0.3, -0.25) is 14.4 Å². The maximum atomic E-state index is 11.5. The summed E-state index contributed by atoms with van der Waals surface area (Å²) in [6, 6.07) is -0.918. The van der Waals surface area contributed by atoms with E-state index in [1.54, 1.807) is 6.92 Å². The Kier molecular flexibility index (Phi) is 7.32. The molecule has 3 N–H and O–H groups in total. The number of rotatable bonds is 8. The van der Waals surface area contributed by atoms with Crippen LogP contribution in [0.4, 0.5) is 0 Å². The van der Waals surface area contributed by atoms with E-state index in [-0.39, 0.29) is 31.7 Å². The molecular weight excluding hydrogens is 228 g/mol. The van der Waals surface area contributed by atoms with Crippen molar-refractivity contribution in [3.63, 3.8) is 0 Å². The van der Waals surface area contributed by atoms with Gasteiger partial charge in [0.1, 0.15) is 12.3 Å². The minimum absolute atomic E-state index is 0.00817. The average Bonchev–Trinajstić information content (AvgIpc) is 2.30. The number of carbonyl (C=O) groups is 4. The lowest BCUT2D eigenvalue weighted by Gasteiger charge is -2.16. The second-order valence-corrected chi connectivity index (χ2v) is 3.32. The van der Waals surface area contributed by atoms with Crippen molar-refractivity contribution in [2.75, 3.05) is 6.54 Å². The zero-order chi connectivity index (χ0) is 13.3. The molecule has 1 unspecified atom stereocenters. The van der Waals surface area contributed by atoms with Crippen LogP contribution in [0.5, 0.6) is 0 Å². The summed E-state index contributed by atoms with van der Waals surface area (Å²) in [6.07, 6.45) is 0.466. The van der Waals surface area contributed by atoms with Gasteiger partial charge in [-0.1, -0.05) is 6.92 Å².